The van der Waals surface area contributed by atoms with Gasteiger partial charge in [-0.1, -0.05) is 270 Å². The van der Waals surface area contributed by atoms with E-state index < -0.39 is 28.8 Å². The van der Waals surface area contributed by atoms with Crippen LogP contribution in [0.4, 0.5) is 0 Å². The molecule has 10 heterocycles. The smallest absolute Gasteiger partial charge is 0.174 e. The Morgan fingerprint density at radius 2 is 0.853 bits per heavy atom. The van der Waals surface area contributed by atoms with Crippen molar-refractivity contribution in [3.63, 3.8) is 0 Å². The molecular formula is C132H174N6O12. The van der Waals surface area contributed by atoms with Gasteiger partial charge >= 0.3 is 0 Å². The van der Waals surface area contributed by atoms with E-state index in [0.717, 1.165) is 155 Å². The highest BCUT2D eigenvalue weighted by Crippen LogP contribution is 2.72. The van der Waals surface area contributed by atoms with Crippen LogP contribution in [0.3, 0.4) is 0 Å². The Morgan fingerprint density at radius 3 is 1.37 bits per heavy atom. The number of carbonyl (C=O) groups excluding carboxylic acids is 2. The second-order valence-electron chi connectivity index (χ2n) is 55.7. The molecule has 18 heteroatoms. The molecule has 5 spiro atoms. The van der Waals surface area contributed by atoms with Gasteiger partial charge in [0.05, 0.1) is 36.3 Å². The molecule has 10 bridgehead atoms. The summed E-state index contributed by atoms with van der Waals surface area (Å²) in [6.07, 6.45) is 25.8. The lowest BCUT2D eigenvalue weighted by atomic mass is 9.48. The molecule has 22 atom stereocenters. The van der Waals surface area contributed by atoms with E-state index in [9.17, 15) is 24.9 Å². The zero-order chi connectivity index (χ0) is 107. The Labute approximate surface area is 896 Å². The largest absolute Gasteiger partial charge is 0.493 e. The van der Waals surface area contributed by atoms with E-state index in [2.05, 4.69) is 357 Å². The average molecular weight is 2040 g/mol. The van der Waals surface area contributed by atoms with Gasteiger partial charge in [0.25, 0.3) is 0 Å². The van der Waals surface area contributed by atoms with Crippen molar-refractivity contribution in [3.05, 3.63) is 252 Å². The third-order valence-corrected chi connectivity index (χ3v) is 41.9. The van der Waals surface area contributed by atoms with Crippen LogP contribution >= 0.6 is 0 Å². The van der Waals surface area contributed by atoms with E-state index in [1.807, 2.05) is 12.1 Å². The van der Waals surface area contributed by atoms with Gasteiger partial charge in [-0.2, -0.15) is 0 Å². The first-order chi connectivity index (χ1) is 70.7. The van der Waals surface area contributed by atoms with Gasteiger partial charge in [-0.3, -0.25) is 9.59 Å². The zero-order valence-electron chi connectivity index (χ0n) is 95.8. The molecule has 5 saturated heterocycles. The topological polar surface area (TPSA) is 179 Å². The summed E-state index contributed by atoms with van der Waals surface area (Å²) in [4.78, 5) is 40.3. The summed E-state index contributed by atoms with van der Waals surface area (Å²) in [6.45, 7) is 50.5. The molecule has 7 aromatic rings. The number of benzene rings is 7. The van der Waals surface area contributed by atoms with Crippen molar-refractivity contribution < 1.29 is 58.1 Å². The number of allylic oxidation sites excluding steroid dienone is 3. The molecule has 0 radical (unpaired) electrons. The van der Waals surface area contributed by atoms with E-state index in [0.29, 0.717) is 73.4 Å². The fourth-order valence-electron chi connectivity index (χ4n) is 34.8. The molecule has 7 aromatic carbocycles. The number of hydrogen-bond acceptors (Lipinski definition) is 18. The molecule has 804 valence electrons. The molecule has 7 fully saturated rings. The van der Waals surface area contributed by atoms with Gasteiger partial charge < -0.3 is 77.9 Å². The Bertz CT molecular complexity index is 6580. The predicted octanol–water partition coefficient (Wildman–Crippen LogP) is 21.7. The van der Waals surface area contributed by atoms with E-state index in [1.165, 1.54) is 102 Å². The molecule has 150 heavy (non-hydrogen) atoms. The van der Waals surface area contributed by atoms with Gasteiger partial charge in [0.2, 0.25) is 0 Å². The third kappa shape index (κ3) is 15.2. The number of Topliss-reactive ketones (excluding diaryl/α,β-unsaturated/α-hetero) is 2. The fourth-order valence-corrected chi connectivity index (χ4v) is 34.8. The number of aliphatic hydroxyl groups is 3. The van der Waals surface area contributed by atoms with Crippen LogP contribution in [-0.4, -0.2) is 237 Å². The number of piperidine rings is 5. The lowest BCUT2D eigenvalue weighted by molar-refractivity contribution is -0.185. The van der Waals surface area contributed by atoms with Crippen molar-refractivity contribution in [2.75, 3.05) is 96.3 Å². The minimum absolute atomic E-state index is 0.00643. The number of rotatable bonds is 8. The van der Waals surface area contributed by atoms with Crippen molar-refractivity contribution in [1.29, 1.82) is 0 Å². The Kier molecular flexibility index (Phi) is 25.5. The monoisotopic (exact) mass is 2040 g/mol. The van der Waals surface area contributed by atoms with E-state index in [-0.39, 0.29) is 102 Å². The zero-order valence-corrected chi connectivity index (χ0v) is 95.8. The van der Waals surface area contributed by atoms with Gasteiger partial charge in [0.15, 0.2) is 46.8 Å². The molecule has 18 nitrogen and oxygen atoms in total. The van der Waals surface area contributed by atoms with Gasteiger partial charge in [-0.25, -0.2) is 0 Å². The first-order valence-corrected chi connectivity index (χ1v) is 57.2. The number of methoxy groups -OCH3 is 2. The SMILES string of the molecule is CC=C(C(C)(C)C)C(CC(C)N(C)C)(c1ccccc1)c1ccccc1.CN1CC[C@]23c4c5ccc(C(C)(C)C)c4O[C@H]2C(=O)CC[C@@]3(O)[C@H]1C5.CN1CC[C@]23c4c5ccc(C(C)(C)C)c4O[C@H]2C(=O)CC[C@H]3[C@H]1C5.CN1CC[C@]23c4c5ccc(C(C)(C)C)c4O[C@H]2[C@@H](O)C=C[C@H]3[C@H]1C5.COc1ccc2c3c1O[C@H]1C(C(C)(C)C)=CC[C@@]4(O)[C@@H](C2)N(C)CC[C@]314.COc1ccc2c3c1O[C@H]1C(C(C)(C)C)=CC[C@H]4[C@@H](C2)N(C)CC[C@]314. The lowest BCUT2D eigenvalue weighted by Crippen LogP contribution is -2.76. The number of carbonyl (C=O) groups is 2. The predicted molar refractivity (Wildman–Crippen MR) is 599 cm³/mol. The maximum Gasteiger partial charge on any atom is 0.174 e. The number of aliphatic hydroxyl groups excluding tert-OH is 1. The summed E-state index contributed by atoms with van der Waals surface area (Å²) in [5.41, 5.74) is 22.0. The van der Waals surface area contributed by atoms with Gasteiger partial charge in [0.1, 0.15) is 41.7 Å². The molecule has 2 saturated carbocycles. The maximum atomic E-state index is 12.9. The molecule has 1 unspecified atom stereocenters. The van der Waals surface area contributed by atoms with Crippen LogP contribution in [0.25, 0.3) is 0 Å². The summed E-state index contributed by atoms with van der Waals surface area (Å²) in [5, 5.41) is 34.8. The summed E-state index contributed by atoms with van der Waals surface area (Å²) >= 11 is 0. The number of hydrogen-bond donors (Lipinski definition) is 3. The maximum absolute atomic E-state index is 12.9. The first kappa shape index (κ1) is 105. The summed E-state index contributed by atoms with van der Waals surface area (Å²) < 4.78 is 44.3. The average Bonchev–Trinajstić information content (AvgIpc) is 1.51. The van der Waals surface area contributed by atoms with E-state index >= 15 is 0 Å². The summed E-state index contributed by atoms with van der Waals surface area (Å²) in [7, 11) is 18.9. The Balaban J connectivity index is 0.000000102. The second-order valence-corrected chi connectivity index (χ2v) is 55.7. The van der Waals surface area contributed by atoms with Crippen molar-refractivity contribution in [1.82, 2.24) is 29.4 Å². The molecule has 0 amide bonds. The highest BCUT2D eigenvalue weighted by molar-refractivity contribution is 5.91. The minimum Gasteiger partial charge on any atom is -0.493 e. The highest BCUT2D eigenvalue weighted by Gasteiger charge is 2.76. The first-order valence-electron chi connectivity index (χ1n) is 57.2. The molecule has 20 aliphatic rings. The standard InChI is InChI=1S/C25H35N.C22H29NO3.C22H29NO2.C21H27NO3.2C21H27NO2/c1-8-23(24(3,4)5)25(19-20(2)26(6)7,21-15-11-9-12-16-21)22-17-13-10-14-18-22;1-20(2,3)14-8-9-22(24)16-12-13-6-7-15(25-5)18-17(13)21(22,19(14)26-18)10-11-23(16)4;1-21(2,3)15-8-7-14-16-12-13-6-9-17(24-5)19-18(13)22(14,20(15)25-19)10-11-23(16)4;1-19(2,3)13-6-5-12-11-15-21(24)8-7-14(23)18-20(21,9-10-22(15)4)16(12)17(13)25-18;2*1-20(2,3)14-6-5-12-11-15-13-7-8-16(23)19-21(13,9-10-22(15)4)17(12)18(14)24-19/h8-18,20H,19H2,1-7H3;6-8,16,19,24H,9-12H2,1-5H3;6,8-9,14,16,20H,7,10-12H2,1-5H3;5-6,15,18,24H,7-11H2,1-4H3;5-6,13,15,19H,7-11H2,1-4H3;5-8,13,15-16,19,23H,9-11H2,1-4H3/t;16-,19+,21+,22-;14-,16+,20-,22-;15-,18+,20+,21-;13-,15+,19-,21-;13-,15+,16-,19-,21-/m.10100/s1. The van der Waals surface area contributed by atoms with Crippen LogP contribution in [0.15, 0.2) is 168 Å². The van der Waals surface area contributed by atoms with Gasteiger partial charge in [-0.05, 0) is 315 Å². The van der Waals surface area contributed by atoms with Crippen molar-refractivity contribution in [3.8, 4) is 40.2 Å². The second kappa shape index (κ2) is 36.3. The van der Waals surface area contributed by atoms with Crippen molar-refractivity contribution in [2.24, 2.45) is 34.0 Å². The van der Waals surface area contributed by atoms with Crippen LogP contribution < -0.4 is 33.2 Å². The normalized spacial score (nSPS) is 33.8. The summed E-state index contributed by atoms with van der Waals surface area (Å²) in [5.74, 6) is 8.83. The molecule has 3 N–H and O–H groups in total. The molecule has 0 aromatic heterocycles. The number of likely N-dealkylation sites (tertiary alicyclic amines) is 5. The van der Waals surface area contributed by atoms with Crippen molar-refractivity contribution in [2.45, 2.75) is 380 Å². The van der Waals surface area contributed by atoms with E-state index in [1.54, 1.807) is 14.2 Å². The van der Waals surface area contributed by atoms with Gasteiger partial charge in [-0.15, -0.1) is 0 Å². The number of ketones is 2. The highest BCUT2D eigenvalue weighted by atomic mass is 16.5. The number of ether oxygens (including phenoxy) is 7. The van der Waals surface area contributed by atoms with Crippen LogP contribution in [0.5, 0.6) is 40.2 Å². The van der Waals surface area contributed by atoms with E-state index in [4.69, 9.17) is 33.2 Å². The Hall–Kier alpha value is -8.92. The Morgan fingerprint density at radius 1 is 0.440 bits per heavy atom. The lowest BCUT2D eigenvalue weighted by Gasteiger charge is -2.62. The van der Waals surface area contributed by atoms with Crippen molar-refractivity contribution >= 4 is 11.6 Å². The van der Waals surface area contributed by atoms with Crippen LogP contribution in [-0.2, 0) is 90.4 Å². The molecular weight excluding hydrogens is 1860 g/mol. The van der Waals surface area contributed by atoms with Gasteiger partial charge in [0, 0.05) is 104 Å². The summed E-state index contributed by atoms with van der Waals surface area (Å²) in [6, 6.07) is 46.6. The minimum atomic E-state index is -0.868. The molecule has 27 rings (SSSR count). The molecule has 10 aliphatic carbocycles. The number of likely N-dealkylation sites (N-methyl/N-ethyl adjacent to an activating group) is 5. The van der Waals surface area contributed by atoms with Crippen LogP contribution in [0, 0.1) is 34.0 Å². The van der Waals surface area contributed by atoms with Crippen LogP contribution in [0.2, 0.25) is 0 Å². The van der Waals surface area contributed by atoms with Crippen LogP contribution in [0.1, 0.15) is 299 Å². The third-order valence-electron chi connectivity index (χ3n) is 41.9. The molecule has 10 aliphatic heterocycles. The quantitative estimate of drug-likeness (QED) is 0.122. The number of nitrogens with zero attached hydrogens (tertiary/aromatic N) is 6. The fraction of sp³-hybridized carbons (Fsp3) is 0.606.